The predicted octanol–water partition coefficient (Wildman–Crippen LogP) is 2.69. The summed E-state index contributed by atoms with van der Waals surface area (Å²) in [6, 6.07) is 6.87. The van der Waals surface area contributed by atoms with Crippen LogP contribution in [0.4, 0.5) is 15.8 Å². The number of para-hydroxylation sites is 1. The van der Waals surface area contributed by atoms with Gasteiger partial charge >= 0.3 is 0 Å². The van der Waals surface area contributed by atoms with Crippen molar-refractivity contribution in [3.8, 4) is 0 Å². The molecule has 1 N–H and O–H groups in total. The van der Waals surface area contributed by atoms with E-state index in [9.17, 15) is 19.3 Å². The number of hydrogen-bond acceptors (Lipinski definition) is 4. The minimum absolute atomic E-state index is 0.0562. The second kappa shape index (κ2) is 5.43. The van der Waals surface area contributed by atoms with Crippen molar-refractivity contribution in [2.75, 3.05) is 5.32 Å². The fourth-order valence-corrected chi connectivity index (χ4v) is 1.73. The van der Waals surface area contributed by atoms with Crippen molar-refractivity contribution in [1.29, 1.82) is 0 Å². The predicted molar refractivity (Wildman–Crippen MR) is 70.0 cm³/mol. The molecule has 0 aliphatic heterocycles. The lowest BCUT2D eigenvalue weighted by Gasteiger charge is -2.06. The molecule has 0 atom stereocenters. The summed E-state index contributed by atoms with van der Waals surface area (Å²) in [4.78, 5) is 25.8. The Balaban J connectivity index is 2.32. The van der Waals surface area contributed by atoms with Crippen molar-refractivity contribution in [3.05, 3.63) is 63.7 Å². The van der Waals surface area contributed by atoms with Gasteiger partial charge in [0.05, 0.1) is 16.8 Å². The summed E-state index contributed by atoms with van der Waals surface area (Å²) in [6.07, 6.45) is 1.13. The molecule has 2 rings (SSSR count). The highest BCUT2D eigenvalue weighted by Crippen LogP contribution is 2.23. The standard InChI is InChI=1S/C13H10FN3O3/c1-8-3-2-4-10(12(8)17(19)20)13(18)16-9-5-6-11(14)15-7-9/h2-7H,1H3,(H,16,18). The van der Waals surface area contributed by atoms with E-state index in [1.165, 1.54) is 12.1 Å². The van der Waals surface area contributed by atoms with Crippen molar-refractivity contribution in [3.63, 3.8) is 0 Å². The molecule has 0 aliphatic carbocycles. The van der Waals surface area contributed by atoms with Crippen molar-refractivity contribution < 1.29 is 14.1 Å². The third-order valence-electron chi connectivity index (χ3n) is 2.65. The first-order valence-electron chi connectivity index (χ1n) is 5.66. The molecule has 0 spiro atoms. The van der Waals surface area contributed by atoms with Gasteiger partial charge in [0.2, 0.25) is 5.95 Å². The molecule has 0 radical (unpaired) electrons. The van der Waals surface area contributed by atoms with Gasteiger partial charge in [0, 0.05) is 5.56 Å². The van der Waals surface area contributed by atoms with E-state index >= 15 is 0 Å². The van der Waals surface area contributed by atoms with Crippen LogP contribution in [0.5, 0.6) is 0 Å². The molecule has 0 fully saturated rings. The van der Waals surface area contributed by atoms with Crippen LogP contribution in [-0.2, 0) is 0 Å². The van der Waals surface area contributed by atoms with E-state index in [4.69, 9.17) is 0 Å². The second-order valence-corrected chi connectivity index (χ2v) is 4.05. The second-order valence-electron chi connectivity index (χ2n) is 4.05. The van der Waals surface area contributed by atoms with Crippen molar-refractivity contribution in [2.24, 2.45) is 0 Å². The topological polar surface area (TPSA) is 85.1 Å². The van der Waals surface area contributed by atoms with E-state index in [0.717, 1.165) is 12.3 Å². The average molecular weight is 275 g/mol. The number of aryl methyl sites for hydroxylation is 1. The van der Waals surface area contributed by atoms with E-state index in [0.29, 0.717) is 5.56 Å². The van der Waals surface area contributed by atoms with Gasteiger partial charge in [0.1, 0.15) is 5.56 Å². The van der Waals surface area contributed by atoms with E-state index in [1.54, 1.807) is 19.1 Å². The first-order valence-corrected chi connectivity index (χ1v) is 5.66. The molecule has 0 aliphatic rings. The number of anilines is 1. The Morgan fingerprint density at radius 2 is 2.10 bits per heavy atom. The zero-order valence-corrected chi connectivity index (χ0v) is 10.5. The van der Waals surface area contributed by atoms with Crippen LogP contribution < -0.4 is 5.32 Å². The van der Waals surface area contributed by atoms with Crippen molar-refractivity contribution in [1.82, 2.24) is 4.98 Å². The van der Waals surface area contributed by atoms with Crippen molar-refractivity contribution >= 4 is 17.3 Å². The van der Waals surface area contributed by atoms with E-state index < -0.39 is 16.8 Å². The number of nitrogens with zero attached hydrogens (tertiary/aromatic N) is 2. The third kappa shape index (κ3) is 2.77. The SMILES string of the molecule is Cc1cccc(C(=O)Nc2ccc(F)nc2)c1[N+](=O)[O-]. The third-order valence-corrected chi connectivity index (χ3v) is 2.65. The maximum atomic E-state index is 12.7. The lowest BCUT2D eigenvalue weighted by Crippen LogP contribution is -2.14. The number of nitro groups is 1. The summed E-state index contributed by atoms with van der Waals surface area (Å²) in [5, 5.41) is 13.4. The molecule has 1 heterocycles. The number of nitrogens with one attached hydrogen (secondary N) is 1. The van der Waals surface area contributed by atoms with Crippen LogP contribution in [0.15, 0.2) is 36.5 Å². The van der Waals surface area contributed by atoms with Crippen LogP contribution in [0.3, 0.4) is 0 Å². The molecule has 7 heteroatoms. The lowest BCUT2D eigenvalue weighted by atomic mass is 10.1. The van der Waals surface area contributed by atoms with Gasteiger partial charge in [-0.2, -0.15) is 4.39 Å². The molecule has 6 nitrogen and oxygen atoms in total. The number of pyridine rings is 1. The van der Waals surface area contributed by atoms with Crippen LogP contribution in [-0.4, -0.2) is 15.8 Å². The summed E-state index contributed by atoms with van der Waals surface area (Å²) < 4.78 is 12.7. The van der Waals surface area contributed by atoms with Crippen LogP contribution in [0.2, 0.25) is 0 Å². The summed E-state index contributed by atoms with van der Waals surface area (Å²) in [6.45, 7) is 1.55. The summed E-state index contributed by atoms with van der Waals surface area (Å²) in [5.74, 6) is -1.32. The van der Waals surface area contributed by atoms with Crippen molar-refractivity contribution in [2.45, 2.75) is 6.92 Å². The molecule has 0 bridgehead atoms. The Labute approximate surface area is 113 Å². The highest BCUT2D eigenvalue weighted by molar-refractivity contribution is 6.07. The van der Waals surface area contributed by atoms with E-state index in [1.807, 2.05) is 0 Å². The zero-order chi connectivity index (χ0) is 14.7. The Morgan fingerprint density at radius 3 is 2.70 bits per heavy atom. The normalized spacial score (nSPS) is 10.1. The van der Waals surface area contributed by atoms with Gasteiger partial charge in [-0.05, 0) is 25.1 Å². The molecule has 0 saturated carbocycles. The minimum atomic E-state index is -0.676. The summed E-state index contributed by atoms with van der Waals surface area (Å²) >= 11 is 0. The van der Waals surface area contributed by atoms with Crippen LogP contribution in [0.25, 0.3) is 0 Å². The molecule has 1 aromatic heterocycles. The maximum absolute atomic E-state index is 12.7. The molecule has 1 aromatic carbocycles. The van der Waals surface area contributed by atoms with Gasteiger partial charge < -0.3 is 5.32 Å². The zero-order valence-electron chi connectivity index (χ0n) is 10.5. The highest BCUT2D eigenvalue weighted by atomic mass is 19.1. The largest absolute Gasteiger partial charge is 0.320 e. The fraction of sp³-hybridized carbons (Fsp3) is 0.0769. The summed E-state index contributed by atoms with van der Waals surface area (Å²) in [7, 11) is 0. The van der Waals surface area contributed by atoms with Gasteiger partial charge in [-0.15, -0.1) is 0 Å². The Morgan fingerprint density at radius 1 is 1.35 bits per heavy atom. The monoisotopic (exact) mass is 275 g/mol. The average Bonchev–Trinajstić information content (AvgIpc) is 2.40. The lowest BCUT2D eigenvalue weighted by molar-refractivity contribution is -0.385. The van der Waals surface area contributed by atoms with Gasteiger partial charge in [-0.1, -0.05) is 12.1 Å². The molecule has 20 heavy (non-hydrogen) atoms. The highest BCUT2D eigenvalue weighted by Gasteiger charge is 2.22. The number of benzene rings is 1. The molecule has 0 unspecified atom stereocenters. The number of carbonyl (C=O) groups is 1. The van der Waals surface area contributed by atoms with Crippen LogP contribution in [0.1, 0.15) is 15.9 Å². The summed E-state index contributed by atoms with van der Waals surface area (Å²) in [5.41, 5.74) is 0.339. The van der Waals surface area contributed by atoms with Crippen LogP contribution >= 0.6 is 0 Å². The molecular formula is C13H10FN3O3. The smallest absolute Gasteiger partial charge is 0.285 e. The number of hydrogen-bond donors (Lipinski definition) is 1. The number of nitro benzene ring substituents is 1. The number of aromatic nitrogens is 1. The van der Waals surface area contributed by atoms with E-state index in [2.05, 4.69) is 10.3 Å². The van der Waals surface area contributed by atoms with Crippen LogP contribution in [0, 0.1) is 23.0 Å². The first kappa shape index (κ1) is 13.6. The minimum Gasteiger partial charge on any atom is -0.320 e. The first-order chi connectivity index (χ1) is 9.49. The Hall–Kier alpha value is -2.83. The maximum Gasteiger partial charge on any atom is 0.285 e. The Kier molecular flexibility index (Phi) is 3.69. The molecule has 0 saturated heterocycles. The number of amides is 1. The number of rotatable bonds is 3. The quantitative estimate of drug-likeness (QED) is 0.530. The molecule has 1 amide bonds. The number of halogens is 1. The molecular weight excluding hydrogens is 265 g/mol. The van der Waals surface area contributed by atoms with Gasteiger partial charge in [-0.25, -0.2) is 4.98 Å². The molecule has 102 valence electrons. The Bertz CT molecular complexity index is 671. The van der Waals surface area contributed by atoms with E-state index in [-0.39, 0.29) is 16.9 Å². The number of carbonyl (C=O) groups excluding carboxylic acids is 1. The van der Waals surface area contributed by atoms with Gasteiger partial charge in [-0.3, -0.25) is 14.9 Å². The van der Waals surface area contributed by atoms with Gasteiger partial charge in [0.15, 0.2) is 0 Å². The van der Waals surface area contributed by atoms with Gasteiger partial charge in [0.25, 0.3) is 11.6 Å². The fourth-order valence-electron chi connectivity index (χ4n) is 1.73. The molecule has 2 aromatic rings.